The number of hydrogen-bond acceptors (Lipinski definition) is 5. The Morgan fingerprint density at radius 2 is 1.60 bits per heavy atom. The molecule has 6 heteroatoms. The summed E-state index contributed by atoms with van der Waals surface area (Å²) in [5, 5.41) is 3.20. The summed E-state index contributed by atoms with van der Waals surface area (Å²) in [7, 11) is 2.14. The van der Waals surface area contributed by atoms with Gasteiger partial charge in [-0.2, -0.15) is 0 Å². The molecule has 30 heavy (non-hydrogen) atoms. The number of anilines is 2. The van der Waals surface area contributed by atoms with Gasteiger partial charge in [0.2, 0.25) is 0 Å². The third-order valence-electron chi connectivity index (χ3n) is 5.55. The summed E-state index contributed by atoms with van der Waals surface area (Å²) >= 11 is 0. The van der Waals surface area contributed by atoms with Crippen LogP contribution in [0.5, 0.6) is 0 Å². The van der Waals surface area contributed by atoms with Gasteiger partial charge < -0.3 is 15.1 Å². The molecule has 4 rings (SSSR count). The van der Waals surface area contributed by atoms with Gasteiger partial charge in [0.15, 0.2) is 0 Å². The summed E-state index contributed by atoms with van der Waals surface area (Å²) in [6.45, 7) is 7.93. The fourth-order valence-electron chi connectivity index (χ4n) is 3.82. The molecule has 1 N–H and O–H groups in total. The molecule has 1 fully saturated rings. The van der Waals surface area contributed by atoms with Gasteiger partial charge in [0.05, 0.1) is 5.57 Å². The molecule has 2 aliphatic heterocycles. The van der Waals surface area contributed by atoms with Crippen LogP contribution in [0, 0.1) is 0 Å². The molecular formula is C24H26N4O2. The van der Waals surface area contributed by atoms with Crippen molar-refractivity contribution in [2.45, 2.75) is 0 Å². The van der Waals surface area contributed by atoms with E-state index in [0.717, 1.165) is 43.1 Å². The fourth-order valence-corrected chi connectivity index (χ4v) is 3.82. The topological polar surface area (TPSA) is 55.9 Å². The number of carbonyl (C=O) groups excluding carboxylic acids is 2. The molecule has 0 spiro atoms. The summed E-state index contributed by atoms with van der Waals surface area (Å²) in [6, 6.07) is 17.3. The number of benzene rings is 2. The number of rotatable bonds is 6. The van der Waals surface area contributed by atoms with Crippen molar-refractivity contribution in [3.63, 3.8) is 0 Å². The highest BCUT2D eigenvalue weighted by Gasteiger charge is 2.38. The van der Waals surface area contributed by atoms with E-state index in [2.05, 4.69) is 40.9 Å². The summed E-state index contributed by atoms with van der Waals surface area (Å²) in [4.78, 5) is 31.8. The van der Waals surface area contributed by atoms with Gasteiger partial charge in [-0.25, -0.2) is 0 Å². The van der Waals surface area contributed by atoms with Gasteiger partial charge in [-0.15, -0.1) is 6.58 Å². The van der Waals surface area contributed by atoms with E-state index >= 15 is 0 Å². The average Bonchev–Trinajstić information content (AvgIpc) is 3.00. The predicted octanol–water partition coefficient (Wildman–Crippen LogP) is 2.82. The molecule has 154 valence electrons. The van der Waals surface area contributed by atoms with E-state index in [1.807, 2.05) is 42.5 Å². The van der Waals surface area contributed by atoms with Crippen molar-refractivity contribution >= 4 is 28.8 Å². The third-order valence-corrected chi connectivity index (χ3v) is 5.55. The minimum atomic E-state index is -0.332. The maximum absolute atomic E-state index is 13.0. The van der Waals surface area contributed by atoms with Crippen molar-refractivity contribution in [3.05, 3.63) is 78.5 Å². The van der Waals surface area contributed by atoms with Gasteiger partial charge in [-0.05, 0) is 36.9 Å². The zero-order valence-corrected chi connectivity index (χ0v) is 17.2. The van der Waals surface area contributed by atoms with Crippen LogP contribution in [0.25, 0.3) is 5.57 Å². The molecule has 2 aromatic carbocycles. The van der Waals surface area contributed by atoms with Crippen LogP contribution in [0.2, 0.25) is 0 Å². The number of nitrogens with zero attached hydrogens (tertiary/aromatic N) is 3. The van der Waals surface area contributed by atoms with E-state index in [4.69, 9.17) is 0 Å². The molecule has 0 atom stereocenters. The number of likely N-dealkylation sites (N-methyl/N-ethyl adjacent to an activating group) is 1. The number of piperazine rings is 1. The molecule has 1 saturated heterocycles. The number of carbonyl (C=O) groups is 2. The van der Waals surface area contributed by atoms with E-state index in [1.54, 1.807) is 6.08 Å². The lowest BCUT2D eigenvalue weighted by molar-refractivity contribution is -0.136. The van der Waals surface area contributed by atoms with Crippen LogP contribution >= 0.6 is 0 Å². The number of nitrogens with one attached hydrogen (secondary N) is 1. The van der Waals surface area contributed by atoms with E-state index < -0.39 is 0 Å². The second kappa shape index (κ2) is 8.55. The monoisotopic (exact) mass is 402 g/mol. The van der Waals surface area contributed by atoms with Crippen molar-refractivity contribution < 1.29 is 9.59 Å². The lowest BCUT2D eigenvalue weighted by atomic mass is 10.0. The first-order chi connectivity index (χ1) is 14.6. The molecule has 6 nitrogen and oxygen atoms in total. The molecule has 0 unspecified atom stereocenters. The van der Waals surface area contributed by atoms with Gasteiger partial charge in [0, 0.05) is 44.1 Å². The Kier molecular flexibility index (Phi) is 5.68. The molecule has 0 saturated carbocycles. The number of hydrogen-bond donors (Lipinski definition) is 1. The van der Waals surface area contributed by atoms with Crippen molar-refractivity contribution in [2.24, 2.45) is 0 Å². The average molecular weight is 402 g/mol. The van der Waals surface area contributed by atoms with Crippen molar-refractivity contribution in [3.8, 4) is 0 Å². The van der Waals surface area contributed by atoms with Gasteiger partial charge >= 0.3 is 0 Å². The quantitative estimate of drug-likeness (QED) is 0.595. The van der Waals surface area contributed by atoms with Crippen LogP contribution in [-0.4, -0.2) is 61.4 Å². The standard InChI is InChI=1S/C24H26N4O2/c1-3-13-28-23(29)21(18-7-5-4-6-8-18)22(24(28)30)25-19-9-11-20(12-10-19)27-16-14-26(2)15-17-27/h3-12,25H,1,13-17H2,2H3. The maximum Gasteiger partial charge on any atom is 0.278 e. The zero-order chi connectivity index (χ0) is 21.1. The first-order valence-electron chi connectivity index (χ1n) is 10.2. The first kappa shape index (κ1) is 19.9. The molecule has 2 heterocycles. The van der Waals surface area contributed by atoms with Crippen LogP contribution in [0.4, 0.5) is 11.4 Å². The predicted molar refractivity (Wildman–Crippen MR) is 120 cm³/mol. The molecule has 0 aromatic heterocycles. The minimum Gasteiger partial charge on any atom is -0.369 e. The van der Waals surface area contributed by atoms with E-state index in [-0.39, 0.29) is 18.4 Å². The number of amides is 2. The van der Waals surface area contributed by atoms with Crippen LogP contribution in [0.15, 0.2) is 72.9 Å². The molecule has 2 aliphatic rings. The highest BCUT2D eigenvalue weighted by molar-refractivity contribution is 6.36. The third kappa shape index (κ3) is 3.86. The Hall–Kier alpha value is -3.38. The second-order valence-electron chi connectivity index (χ2n) is 7.59. The van der Waals surface area contributed by atoms with Crippen LogP contribution in [0.3, 0.4) is 0 Å². The Morgan fingerprint density at radius 3 is 2.23 bits per heavy atom. The highest BCUT2D eigenvalue weighted by atomic mass is 16.2. The Labute approximate surface area is 177 Å². The van der Waals surface area contributed by atoms with Crippen LogP contribution in [0.1, 0.15) is 5.56 Å². The van der Waals surface area contributed by atoms with Gasteiger partial charge in [-0.1, -0.05) is 36.4 Å². The molecule has 0 radical (unpaired) electrons. The lowest BCUT2D eigenvalue weighted by Gasteiger charge is -2.34. The summed E-state index contributed by atoms with van der Waals surface area (Å²) in [5.41, 5.74) is 3.36. The first-order valence-corrected chi connectivity index (χ1v) is 10.2. The van der Waals surface area contributed by atoms with Crippen molar-refractivity contribution in [1.29, 1.82) is 0 Å². The van der Waals surface area contributed by atoms with Gasteiger partial charge in [-0.3, -0.25) is 14.5 Å². The Morgan fingerprint density at radius 1 is 0.933 bits per heavy atom. The largest absolute Gasteiger partial charge is 0.369 e. The van der Waals surface area contributed by atoms with Crippen LogP contribution in [-0.2, 0) is 9.59 Å². The molecule has 2 aromatic rings. The van der Waals surface area contributed by atoms with Crippen molar-refractivity contribution in [1.82, 2.24) is 9.80 Å². The Balaban J connectivity index is 1.60. The molecule has 0 aliphatic carbocycles. The van der Waals surface area contributed by atoms with Gasteiger partial charge in [0.25, 0.3) is 11.8 Å². The van der Waals surface area contributed by atoms with Crippen LogP contribution < -0.4 is 10.2 Å². The van der Waals surface area contributed by atoms with Gasteiger partial charge in [0.1, 0.15) is 5.70 Å². The van der Waals surface area contributed by atoms with Crippen molar-refractivity contribution in [2.75, 3.05) is 50.0 Å². The smallest absolute Gasteiger partial charge is 0.278 e. The fraction of sp³-hybridized carbons (Fsp3) is 0.250. The molecule has 0 bridgehead atoms. The second-order valence-corrected chi connectivity index (χ2v) is 7.59. The van der Waals surface area contributed by atoms with E-state index in [9.17, 15) is 9.59 Å². The number of imide groups is 1. The van der Waals surface area contributed by atoms with E-state index in [1.165, 1.54) is 4.90 Å². The minimum absolute atomic E-state index is 0.182. The van der Waals surface area contributed by atoms with E-state index in [0.29, 0.717) is 11.3 Å². The normalized spacial score (nSPS) is 17.6. The molecular weight excluding hydrogens is 376 g/mol. The highest BCUT2D eigenvalue weighted by Crippen LogP contribution is 2.31. The molecule has 2 amide bonds. The summed E-state index contributed by atoms with van der Waals surface area (Å²) in [5.74, 6) is -0.635. The SMILES string of the molecule is C=CCN1C(=O)C(Nc2ccc(N3CCN(C)CC3)cc2)=C(c2ccccc2)C1=O. The zero-order valence-electron chi connectivity index (χ0n) is 17.2. The maximum atomic E-state index is 13.0. The summed E-state index contributed by atoms with van der Waals surface area (Å²) < 4.78 is 0. The Bertz CT molecular complexity index is 974. The lowest BCUT2D eigenvalue weighted by Crippen LogP contribution is -2.44. The summed E-state index contributed by atoms with van der Waals surface area (Å²) in [6.07, 6.45) is 1.56.